The van der Waals surface area contributed by atoms with Crippen molar-refractivity contribution in [2.45, 2.75) is 19.5 Å². The van der Waals surface area contributed by atoms with Crippen molar-refractivity contribution < 1.29 is 4.79 Å². The summed E-state index contributed by atoms with van der Waals surface area (Å²) in [5, 5.41) is 4.20. The Kier molecular flexibility index (Phi) is 4.38. The number of nitrogens with zero attached hydrogens (tertiary/aromatic N) is 1. The molecule has 1 aromatic carbocycles. The number of anilines is 1. The molecule has 0 saturated carbocycles. The summed E-state index contributed by atoms with van der Waals surface area (Å²) in [4.78, 5) is 16.0. The third-order valence-corrected chi connectivity index (χ3v) is 5.31. The topological polar surface area (TPSA) is 58.4 Å². The molecule has 2 aromatic rings. The van der Waals surface area contributed by atoms with Gasteiger partial charge in [-0.1, -0.05) is 29.8 Å². The molecule has 1 aromatic heterocycles. The Bertz CT molecular complexity index is 713. The molecule has 3 rings (SSSR count). The van der Waals surface area contributed by atoms with Gasteiger partial charge in [0.2, 0.25) is 0 Å². The highest BCUT2D eigenvalue weighted by atomic mass is 35.5. The first-order valence-electron chi connectivity index (χ1n) is 7.16. The highest BCUT2D eigenvalue weighted by molar-refractivity contribution is 7.16. The second-order valence-corrected chi connectivity index (χ2v) is 7.05. The molecule has 0 bridgehead atoms. The summed E-state index contributed by atoms with van der Waals surface area (Å²) < 4.78 is 0. The SMILES string of the molecule is CN1CCc2c(sc(N)c2C(=O)NCc2ccccc2Cl)C1. The van der Waals surface area contributed by atoms with Gasteiger partial charge in [0.1, 0.15) is 0 Å². The van der Waals surface area contributed by atoms with E-state index in [1.165, 1.54) is 16.2 Å². The summed E-state index contributed by atoms with van der Waals surface area (Å²) in [6.07, 6.45) is 0.869. The van der Waals surface area contributed by atoms with Crippen LogP contribution in [-0.4, -0.2) is 24.4 Å². The van der Waals surface area contributed by atoms with Crippen LogP contribution >= 0.6 is 22.9 Å². The summed E-state index contributed by atoms with van der Waals surface area (Å²) in [7, 11) is 2.08. The Balaban J connectivity index is 1.77. The fraction of sp³-hybridized carbons (Fsp3) is 0.312. The maximum atomic E-state index is 12.5. The first kappa shape index (κ1) is 15.3. The highest BCUT2D eigenvalue weighted by Gasteiger charge is 2.25. The number of nitrogens with one attached hydrogen (secondary N) is 1. The number of nitrogen functional groups attached to an aromatic ring is 1. The van der Waals surface area contributed by atoms with Gasteiger partial charge in [0.15, 0.2) is 0 Å². The van der Waals surface area contributed by atoms with Crippen LogP contribution < -0.4 is 11.1 Å². The lowest BCUT2D eigenvalue weighted by Gasteiger charge is -2.22. The lowest BCUT2D eigenvalue weighted by Crippen LogP contribution is -2.29. The zero-order valence-corrected chi connectivity index (χ0v) is 13.9. The zero-order valence-electron chi connectivity index (χ0n) is 12.4. The van der Waals surface area contributed by atoms with Gasteiger partial charge in [-0.25, -0.2) is 0 Å². The molecule has 2 heterocycles. The van der Waals surface area contributed by atoms with Gasteiger partial charge >= 0.3 is 0 Å². The third kappa shape index (κ3) is 2.97. The first-order valence-corrected chi connectivity index (χ1v) is 8.36. The second-order valence-electron chi connectivity index (χ2n) is 5.50. The number of carbonyl (C=O) groups excluding carboxylic acids is 1. The van der Waals surface area contributed by atoms with Crippen molar-refractivity contribution in [3.63, 3.8) is 0 Å². The maximum absolute atomic E-state index is 12.5. The minimum absolute atomic E-state index is 0.112. The van der Waals surface area contributed by atoms with Crippen LogP contribution in [0.3, 0.4) is 0 Å². The highest BCUT2D eigenvalue weighted by Crippen LogP contribution is 2.34. The second kappa shape index (κ2) is 6.28. The number of benzene rings is 1. The zero-order chi connectivity index (χ0) is 15.7. The van der Waals surface area contributed by atoms with Crippen LogP contribution in [0.4, 0.5) is 5.00 Å². The summed E-state index contributed by atoms with van der Waals surface area (Å²) >= 11 is 7.64. The lowest BCUT2D eigenvalue weighted by atomic mass is 10.0. The van der Waals surface area contributed by atoms with Gasteiger partial charge in [-0.15, -0.1) is 11.3 Å². The van der Waals surface area contributed by atoms with Crippen LogP contribution in [-0.2, 0) is 19.5 Å². The molecule has 0 saturated heterocycles. The first-order chi connectivity index (χ1) is 10.6. The molecule has 6 heteroatoms. The Hall–Kier alpha value is -1.56. The van der Waals surface area contributed by atoms with Crippen molar-refractivity contribution in [1.29, 1.82) is 0 Å². The normalized spacial score (nSPS) is 14.6. The lowest BCUT2D eigenvalue weighted by molar-refractivity contribution is 0.0950. The fourth-order valence-corrected chi connectivity index (χ4v) is 4.11. The number of hydrogen-bond donors (Lipinski definition) is 2. The van der Waals surface area contributed by atoms with Crippen LogP contribution in [0.5, 0.6) is 0 Å². The Morgan fingerprint density at radius 3 is 3.00 bits per heavy atom. The molecular formula is C16H18ClN3OS. The van der Waals surface area contributed by atoms with E-state index in [4.69, 9.17) is 17.3 Å². The number of halogens is 1. The Morgan fingerprint density at radius 2 is 2.23 bits per heavy atom. The predicted octanol–water partition coefficient (Wildman–Crippen LogP) is 2.90. The van der Waals surface area contributed by atoms with E-state index >= 15 is 0 Å². The van der Waals surface area contributed by atoms with E-state index in [-0.39, 0.29) is 5.91 Å². The summed E-state index contributed by atoms with van der Waals surface area (Å²) in [5.41, 5.74) is 8.74. The van der Waals surface area contributed by atoms with E-state index in [1.807, 2.05) is 24.3 Å². The molecule has 0 aliphatic carbocycles. The van der Waals surface area contributed by atoms with E-state index in [1.54, 1.807) is 0 Å². The van der Waals surface area contributed by atoms with Gasteiger partial charge in [-0.3, -0.25) is 4.79 Å². The van der Waals surface area contributed by atoms with E-state index in [9.17, 15) is 4.79 Å². The Labute approximate surface area is 138 Å². The fourth-order valence-electron chi connectivity index (χ4n) is 2.71. The third-order valence-electron chi connectivity index (χ3n) is 3.90. The molecule has 1 aliphatic rings. The van der Waals surface area contributed by atoms with Gasteiger partial charge in [-0.2, -0.15) is 0 Å². The monoisotopic (exact) mass is 335 g/mol. The largest absolute Gasteiger partial charge is 0.390 e. The molecule has 1 aliphatic heterocycles. The van der Waals surface area contributed by atoms with Crippen molar-refractivity contribution in [1.82, 2.24) is 10.2 Å². The Morgan fingerprint density at radius 1 is 1.45 bits per heavy atom. The van der Waals surface area contributed by atoms with E-state index in [0.717, 1.165) is 30.6 Å². The number of thiophene rings is 1. The smallest absolute Gasteiger partial charge is 0.254 e. The van der Waals surface area contributed by atoms with Crippen LogP contribution in [0.15, 0.2) is 24.3 Å². The number of amides is 1. The average Bonchev–Trinajstić information content (AvgIpc) is 2.81. The molecule has 0 spiro atoms. The molecule has 0 atom stereocenters. The van der Waals surface area contributed by atoms with Crippen molar-refractivity contribution >= 4 is 33.8 Å². The predicted molar refractivity (Wildman–Crippen MR) is 91.4 cm³/mol. The minimum atomic E-state index is -0.112. The molecule has 22 heavy (non-hydrogen) atoms. The quantitative estimate of drug-likeness (QED) is 0.906. The van der Waals surface area contributed by atoms with Gasteiger partial charge in [-0.05, 0) is 30.7 Å². The number of rotatable bonds is 3. The molecule has 0 radical (unpaired) electrons. The molecule has 1 amide bonds. The number of likely N-dealkylation sites (N-methyl/N-ethyl adjacent to an activating group) is 1. The van der Waals surface area contributed by atoms with Crippen molar-refractivity contribution in [2.24, 2.45) is 0 Å². The van der Waals surface area contributed by atoms with Crippen molar-refractivity contribution in [3.8, 4) is 0 Å². The minimum Gasteiger partial charge on any atom is -0.390 e. The summed E-state index contributed by atoms with van der Waals surface area (Å²) in [6.45, 7) is 2.22. The van der Waals surface area contributed by atoms with Crippen molar-refractivity contribution in [3.05, 3.63) is 50.9 Å². The number of hydrogen-bond acceptors (Lipinski definition) is 4. The number of carbonyl (C=O) groups is 1. The molecule has 0 unspecified atom stereocenters. The molecule has 0 fully saturated rings. The van der Waals surface area contributed by atoms with Crippen molar-refractivity contribution in [2.75, 3.05) is 19.3 Å². The van der Waals surface area contributed by atoms with E-state index < -0.39 is 0 Å². The van der Waals surface area contributed by atoms with Gasteiger partial charge in [0, 0.05) is 29.5 Å². The van der Waals surface area contributed by atoms with E-state index in [0.29, 0.717) is 22.1 Å². The summed E-state index contributed by atoms with van der Waals surface area (Å²) in [5.74, 6) is -0.112. The van der Waals surface area contributed by atoms with Gasteiger partial charge in [0.05, 0.1) is 10.6 Å². The number of nitrogens with two attached hydrogens (primary N) is 1. The van der Waals surface area contributed by atoms with Crippen LogP contribution in [0.25, 0.3) is 0 Å². The standard InChI is InChI=1S/C16H18ClN3OS/c1-20-7-6-11-13(9-20)22-15(18)14(11)16(21)19-8-10-4-2-3-5-12(10)17/h2-5H,6-9,18H2,1H3,(H,19,21). The average molecular weight is 336 g/mol. The molecular weight excluding hydrogens is 318 g/mol. The number of fused-ring (bicyclic) bond motifs is 1. The molecule has 3 N–H and O–H groups in total. The van der Waals surface area contributed by atoms with Crippen LogP contribution in [0.2, 0.25) is 5.02 Å². The van der Waals surface area contributed by atoms with Gasteiger partial charge < -0.3 is 16.0 Å². The van der Waals surface area contributed by atoms with Crippen LogP contribution in [0, 0.1) is 0 Å². The van der Waals surface area contributed by atoms with Gasteiger partial charge in [0.25, 0.3) is 5.91 Å². The van der Waals surface area contributed by atoms with E-state index in [2.05, 4.69) is 17.3 Å². The molecule has 116 valence electrons. The molecule has 4 nitrogen and oxygen atoms in total. The van der Waals surface area contributed by atoms with Crippen LogP contribution in [0.1, 0.15) is 26.4 Å². The maximum Gasteiger partial charge on any atom is 0.254 e. The summed E-state index contributed by atoms with van der Waals surface area (Å²) in [6, 6.07) is 7.51.